The van der Waals surface area contributed by atoms with Crippen molar-refractivity contribution in [1.29, 1.82) is 0 Å². The Kier molecular flexibility index (Phi) is 4.82. The lowest BCUT2D eigenvalue weighted by Crippen LogP contribution is -2.57. The van der Waals surface area contributed by atoms with Crippen LogP contribution >= 0.6 is 0 Å². The van der Waals surface area contributed by atoms with Gasteiger partial charge in [0.2, 0.25) is 5.89 Å². The summed E-state index contributed by atoms with van der Waals surface area (Å²) in [6, 6.07) is 0.203. The SMILES string of the molecule is Cc1noc(CCNC2=NCC3CN(C(=O)OC(C)(C)C)CCN23)n1. The van der Waals surface area contributed by atoms with Gasteiger partial charge < -0.3 is 24.4 Å². The van der Waals surface area contributed by atoms with Crippen molar-refractivity contribution in [2.45, 2.75) is 45.8 Å². The molecule has 1 fully saturated rings. The number of carbonyl (C=O) groups excluding carboxylic acids is 1. The molecule has 2 aliphatic rings. The van der Waals surface area contributed by atoms with Crippen LogP contribution in [0.4, 0.5) is 4.79 Å². The van der Waals surface area contributed by atoms with E-state index in [4.69, 9.17) is 9.26 Å². The van der Waals surface area contributed by atoms with Gasteiger partial charge in [-0.2, -0.15) is 4.98 Å². The van der Waals surface area contributed by atoms with Crippen LogP contribution in [0.25, 0.3) is 0 Å². The van der Waals surface area contributed by atoms with Gasteiger partial charge in [0.15, 0.2) is 11.8 Å². The molecule has 0 aliphatic carbocycles. The number of hydrogen-bond donors (Lipinski definition) is 1. The van der Waals surface area contributed by atoms with Crippen LogP contribution in [0.1, 0.15) is 32.5 Å². The molecular weight excluding hydrogens is 324 g/mol. The van der Waals surface area contributed by atoms with E-state index in [1.807, 2.05) is 20.8 Å². The van der Waals surface area contributed by atoms with E-state index in [0.717, 1.165) is 12.5 Å². The van der Waals surface area contributed by atoms with Gasteiger partial charge in [0.1, 0.15) is 5.60 Å². The summed E-state index contributed by atoms with van der Waals surface area (Å²) in [6.45, 7) is 10.8. The number of ether oxygens (including phenoxy) is 1. The second-order valence-corrected chi connectivity index (χ2v) is 7.35. The molecule has 0 aromatic carbocycles. The van der Waals surface area contributed by atoms with Gasteiger partial charge in [0, 0.05) is 32.6 Å². The third-order valence-corrected chi connectivity index (χ3v) is 4.05. The van der Waals surface area contributed by atoms with E-state index >= 15 is 0 Å². The van der Waals surface area contributed by atoms with Crippen molar-refractivity contribution >= 4 is 12.1 Å². The normalized spacial score (nSPS) is 20.3. The third-order valence-electron chi connectivity index (χ3n) is 4.05. The van der Waals surface area contributed by atoms with E-state index in [1.54, 1.807) is 11.8 Å². The van der Waals surface area contributed by atoms with Gasteiger partial charge >= 0.3 is 6.09 Å². The number of aromatic nitrogens is 2. The molecule has 0 radical (unpaired) electrons. The molecule has 138 valence electrons. The van der Waals surface area contributed by atoms with Crippen LogP contribution < -0.4 is 5.32 Å². The number of carbonyl (C=O) groups is 1. The Balaban J connectivity index is 1.46. The molecule has 9 heteroatoms. The van der Waals surface area contributed by atoms with Gasteiger partial charge in [-0.05, 0) is 27.7 Å². The van der Waals surface area contributed by atoms with Crippen LogP contribution in [-0.2, 0) is 11.2 Å². The number of guanidine groups is 1. The molecule has 1 N–H and O–H groups in total. The molecule has 3 heterocycles. The molecule has 1 aromatic rings. The fraction of sp³-hybridized carbons (Fsp3) is 0.750. The van der Waals surface area contributed by atoms with Gasteiger partial charge in [-0.25, -0.2) is 4.79 Å². The topological polar surface area (TPSA) is 96.1 Å². The fourth-order valence-corrected chi connectivity index (χ4v) is 2.95. The van der Waals surface area contributed by atoms with Crippen molar-refractivity contribution < 1.29 is 14.1 Å². The molecule has 0 spiro atoms. The molecule has 1 atom stereocenters. The van der Waals surface area contributed by atoms with Crippen LogP contribution in [-0.4, -0.2) is 76.4 Å². The number of hydrogen-bond acceptors (Lipinski definition) is 8. The van der Waals surface area contributed by atoms with Crippen molar-refractivity contribution in [3.63, 3.8) is 0 Å². The van der Waals surface area contributed by atoms with E-state index in [1.165, 1.54) is 0 Å². The zero-order valence-electron chi connectivity index (χ0n) is 15.3. The maximum Gasteiger partial charge on any atom is 0.410 e. The number of nitrogens with zero attached hydrogens (tertiary/aromatic N) is 5. The number of aliphatic imine (C=N–C) groups is 1. The van der Waals surface area contributed by atoms with Gasteiger partial charge in [0.25, 0.3) is 0 Å². The lowest BCUT2D eigenvalue weighted by molar-refractivity contribution is 0.0137. The van der Waals surface area contributed by atoms with Crippen LogP contribution in [0, 0.1) is 6.92 Å². The second-order valence-electron chi connectivity index (χ2n) is 7.35. The summed E-state index contributed by atoms with van der Waals surface area (Å²) in [5, 5.41) is 7.11. The van der Waals surface area contributed by atoms with Crippen molar-refractivity contribution in [2.75, 3.05) is 32.7 Å². The first kappa shape index (κ1) is 17.5. The summed E-state index contributed by atoms with van der Waals surface area (Å²) in [4.78, 5) is 25.0. The maximum absolute atomic E-state index is 12.2. The summed E-state index contributed by atoms with van der Waals surface area (Å²) in [5.41, 5.74) is -0.472. The molecule has 25 heavy (non-hydrogen) atoms. The Morgan fingerprint density at radius 2 is 2.20 bits per heavy atom. The quantitative estimate of drug-likeness (QED) is 0.861. The first-order valence-corrected chi connectivity index (χ1v) is 8.64. The van der Waals surface area contributed by atoms with Crippen molar-refractivity contribution in [3.8, 4) is 0 Å². The van der Waals surface area contributed by atoms with E-state index in [9.17, 15) is 4.79 Å². The first-order chi connectivity index (χ1) is 11.8. The first-order valence-electron chi connectivity index (χ1n) is 8.64. The van der Waals surface area contributed by atoms with E-state index in [0.29, 0.717) is 44.3 Å². The minimum Gasteiger partial charge on any atom is -0.444 e. The summed E-state index contributed by atoms with van der Waals surface area (Å²) in [7, 11) is 0. The molecular formula is C16H26N6O3. The van der Waals surface area contributed by atoms with Crippen LogP contribution in [0.15, 0.2) is 9.52 Å². The summed E-state index contributed by atoms with van der Waals surface area (Å²) in [6.07, 6.45) is 0.405. The Hall–Kier alpha value is -2.32. The Bertz CT molecular complexity index is 651. The second kappa shape index (κ2) is 6.89. The van der Waals surface area contributed by atoms with E-state index in [2.05, 4.69) is 25.3 Å². The zero-order valence-corrected chi connectivity index (χ0v) is 15.3. The predicted octanol–water partition coefficient (Wildman–Crippen LogP) is 0.801. The Labute approximate surface area is 147 Å². The molecule has 3 rings (SSSR count). The summed E-state index contributed by atoms with van der Waals surface area (Å²) < 4.78 is 10.6. The molecule has 1 saturated heterocycles. The molecule has 2 aliphatic heterocycles. The highest BCUT2D eigenvalue weighted by Crippen LogP contribution is 2.18. The Morgan fingerprint density at radius 1 is 1.40 bits per heavy atom. The number of piperazine rings is 1. The summed E-state index contributed by atoms with van der Waals surface area (Å²) >= 11 is 0. The molecule has 1 aromatic heterocycles. The summed E-state index contributed by atoms with van der Waals surface area (Å²) in [5.74, 6) is 2.14. The minimum atomic E-state index is -0.472. The average molecular weight is 350 g/mol. The fourth-order valence-electron chi connectivity index (χ4n) is 2.95. The maximum atomic E-state index is 12.2. The van der Waals surface area contributed by atoms with Gasteiger partial charge in [-0.15, -0.1) is 0 Å². The van der Waals surface area contributed by atoms with Gasteiger partial charge in [-0.3, -0.25) is 4.99 Å². The monoisotopic (exact) mass is 350 g/mol. The number of amides is 1. The number of nitrogens with one attached hydrogen (secondary N) is 1. The number of rotatable bonds is 3. The Morgan fingerprint density at radius 3 is 2.88 bits per heavy atom. The highest BCUT2D eigenvalue weighted by atomic mass is 16.6. The lowest BCUT2D eigenvalue weighted by Gasteiger charge is -2.39. The molecule has 1 amide bonds. The predicted molar refractivity (Wildman–Crippen MR) is 91.3 cm³/mol. The third kappa shape index (κ3) is 4.40. The van der Waals surface area contributed by atoms with Crippen molar-refractivity contribution in [2.24, 2.45) is 4.99 Å². The van der Waals surface area contributed by atoms with E-state index in [-0.39, 0.29) is 12.1 Å². The van der Waals surface area contributed by atoms with Gasteiger partial charge in [0.05, 0.1) is 12.6 Å². The minimum absolute atomic E-state index is 0.203. The average Bonchev–Trinajstić information content (AvgIpc) is 3.12. The molecule has 1 unspecified atom stereocenters. The van der Waals surface area contributed by atoms with Gasteiger partial charge in [-0.1, -0.05) is 5.16 Å². The van der Waals surface area contributed by atoms with Crippen LogP contribution in [0.2, 0.25) is 0 Å². The molecule has 0 bridgehead atoms. The highest BCUT2D eigenvalue weighted by Gasteiger charge is 2.36. The lowest BCUT2D eigenvalue weighted by atomic mass is 10.2. The standard InChI is InChI=1S/C16H26N6O3/c1-11-19-13(25-20-11)5-6-17-14-18-9-12-10-21(7-8-22(12)14)15(23)24-16(2,3)4/h12H,5-10H2,1-4H3,(H,17,18). The van der Waals surface area contributed by atoms with Crippen LogP contribution in [0.5, 0.6) is 0 Å². The highest BCUT2D eigenvalue weighted by molar-refractivity contribution is 5.82. The molecule has 9 nitrogen and oxygen atoms in total. The number of fused-ring (bicyclic) bond motifs is 1. The zero-order chi connectivity index (χ0) is 18.0. The van der Waals surface area contributed by atoms with Crippen molar-refractivity contribution in [3.05, 3.63) is 11.7 Å². The molecule has 0 saturated carbocycles. The van der Waals surface area contributed by atoms with E-state index < -0.39 is 5.60 Å². The largest absolute Gasteiger partial charge is 0.444 e. The smallest absolute Gasteiger partial charge is 0.410 e. The van der Waals surface area contributed by atoms with Crippen molar-refractivity contribution in [1.82, 2.24) is 25.3 Å². The number of aryl methyl sites for hydroxylation is 1. The van der Waals surface area contributed by atoms with Crippen LogP contribution in [0.3, 0.4) is 0 Å².